The molecule has 0 bridgehead atoms. The van der Waals surface area contributed by atoms with Gasteiger partial charge in [-0.05, 0) is 103 Å². The van der Waals surface area contributed by atoms with Crippen LogP contribution in [0.1, 0.15) is 0 Å². The maximum absolute atomic E-state index is 7.70. The molecule has 310 valence electrons. The van der Waals surface area contributed by atoms with E-state index in [0.717, 1.165) is 115 Å². The highest BCUT2D eigenvalue weighted by Crippen LogP contribution is 2.43. The Labute approximate surface area is 385 Å². The Kier molecular flexibility index (Phi) is 8.80. The average Bonchev–Trinajstić information content (AvgIpc) is 3.78. The summed E-state index contributed by atoms with van der Waals surface area (Å²) < 4.78 is 6.29. The zero-order valence-corrected chi connectivity index (χ0v) is 35.9. The van der Waals surface area contributed by atoms with Crippen molar-refractivity contribution in [1.29, 1.82) is 0 Å². The molecule has 10 aromatic carbocycles. The Morgan fingerprint density at radius 3 is 1.66 bits per heavy atom. The Balaban J connectivity index is 0.939. The van der Waals surface area contributed by atoms with Gasteiger partial charge in [0.1, 0.15) is 11.2 Å². The van der Waals surface area contributed by atoms with Gasteiger partial charge in [-0.2, -0.15) is 0 Å². The molecule has 0 aliphatic heterocycles. The van der Waals surface area contributed by atoms with Crippen molar-refractivity contribution in [1.82, 2.24) is 19.9 Å². The molecule has 6 heteroatoms. The lowest BCUT2D eigenvalue weighted by Crippen LogP contribution is -2.00. The minimum atomic E-state index is 0.570. The van der Waals surface area contributed by atoms with Crippen molar-refractivity contribution in [2.45, 2.75) is 0 Å². The lowest BCUT2D eigenvalue weighted by Gasteiger charge is -2.16. The number of hydrogen-bond donors (Lipinski definition) is 0. The number of nitrogens with zero attached hydrogens (tertiary/aromatic N) is 5. The van der Waals surface area contributed by atoms with E-state index in [1.54, 1.807) is 0 Å². The average molecular weight is 854 g/mol. The number of fused-ring (bicyclic) bond motifs is 9. The van der Waals surface area contributed by atoms with Crippen LogP contribution in [0.4, 0.5) is 5.69 Å². The van der Waals surface area contributed by atoms with E-state index in [0.29, 0.717) is 23.2 Å². The zero-order chi connectivity index (χ0) is 44.4. The van der Waals surface area contributed by atoms with E-state index in [4.69, 9.17) is 30.9 Å². The summed E-state index contributed by atoms with van der Waals surface area (Å²) in [7, 11) is 0. The molecule has 0 amide bonds. The normalized spacial score (nSPS) is 11.6. The van der Waals surface area contributed by atoms with Crippen molar-refractivity contribution in [3.63, 3.8) is 0 Å². The number of aromatic nitrogens is 4. The van der Waals surface area contributed by atoms with Gasteiger partial charge in [0, 0.05) is 44.6 Å². The number of para-hydroxylation sites is 1. The molecule has 6 nitrogen and oxygen atoms in total. The molecule has 3 aromatic heterocycles. The highest BCUT2D eigenvalue weighted by atomic mass is 16.3. The third kappa shape index (κ3) is 6.41. The molecule has 0 radical (unpaired) electrons. The van der Waals surface area contributed by atoms with Gasteiger partial charge in [0.15, 0.2) is 23.2 Å². The van der Waals surface area contributed by atoms with Crippen LogP contribution in [0.25, 0.3) is 138 Å². The molecule has 67 heavy (non-hydrogen) atoms. The summed E-state index contributed by atoms with van der Waals surface area (Å²) in [6.45, 7) is 7.70. The largest absolute Gasteiger partial charge is 0.456 e. The summed E-state index contributed by atoms with van der Waals surface area (Å²) >= 11 is 0. The van der Waals surface area contributed by atoms with Gasteiger partial charge in [0.05, 0.1) is 12.1 Å². The lowest BCUT2D eigenvalue weighted by molar-refractivity contribution is 0.669. The number of benzene rings is 10. The number of hydrogen-bond acceptors (Lipinski definition) is 5. The molecule has 0 saturated carbocycles. The van der Waals surface area contributed by atoms with Crippen molar-refractivity contribution in [2.24, 2.45) is 0 Å². The summed E-state index contributed by atoms with van der Waals surface area (Å²) in [5.41, 5.74) is 12.4. The fraction of sp³-hybridized carbons (Fsp3) is 0. The Morgan fingerprint density at radius 1 is 0.328 bits per heavy atom. The number of rotatable bonds is 6. The molecule has 0 fully saturated rings. The second kappa shape index (κ2) is 15.4. The summed E-state index contributed by atoms with van der Waals surface area (Å²) in [5.74, 6) is 1.75. The standard InChI is InChI=1S/C61H35N5O/c1-62-55-31-30-43(44-17-7-8-20-47(44)55)37-24-26-38(27-25-37)52-36-53-46-19-6-5-18-45(46)51(35-54(53)50-22-12-32-63-58(50)52)40-15-11-16-41(33-40)60-64-59(39-13-3-2-4-14-39)65-61(66-60)42-28-29-49-48-21-9-10-23-56(48)67-57(49)34-42/h2-36H. The van der Waals surface area contributed by atoms with E-state index in [1.165, 1.54) is 0 Å². The summed E-state index contributed by atoms with van der Waals surface area (Å²) in [5, 5.41) is 9.84. The topological polar surface area (TPSA) is 69.1 Å². The molecule has 13 rings (SSSR count). The summed E-state index contributed by atoms with van der Waals surface area (Å²) in [6.07, 6.45) is 1.88. The minimum Gasteiger partial charge on any atom is -0.456 e. The molecule has 0 N–H and O–H groups in total. The quantitative estimate of drug-likeness (QED) is 0.123. The first-order valence-electron chi connectivity index (χ1n) is 22.2. The van der Waals surface area contributed by atoms with E-state index in [-0.39, 0.29) is 0 Å². The molecule has 0 aliphatic rings. The molecule has 0 saturated heterocycles. The molecule has 13 aromatic rings. The van der Waals surface area contributed by atoms with E-state index in [1.807, 2.05) is 91.1 Å². The van der Waals surface area contributed by atoms with Crippen LogP contribution in [0.3, 0.4) is 0 Å². The monoisotopic (exact) mass is 853 g/mol. The third-order valence-electron chi connectivity index (χ3n) is 13.0. The fourth-order valence-electron chi connectivity index (χ4n) is 9.79. The summed E-state index contributed by atoms with van der Waals surface area (Å²) in [4.78, 5) is 24.1. The van der Waals surface area contributed by atoms with Crippen molar-refractivity contribution in [2.75, 3.05) is 0 Å². The van der Waals surface area contributed by atoms with Gasteiger partial charge in [0.2, 0.25) is 0 Å². The molecule has 0 unspecified atom stereocenters. The Hall–Kier alpha value is -9.31. The summed E-state index contributed by atoms with van der Waals surface area (Å²) in [6, 6.07) is 71.3. The molecule has 0 spiro atoms. The highest BCUT2D eigenvalue weighted by molar-refractivity contribution is 6.23. The fourth-order valence-corrected chi connectivity index (χ4v) is 9.79. The minimum absolute atomic E-state index is 0.570. The van der Waals surface area contributed by atoms with Gasteiger partial charge in [-0.25, -0.2) is 19.8 Å². The Morgan fingerprint density at radius 2 is 0.881 bits per heavy atom. The van der Waals surface area contributed by atoms with Crippen LogP contribution >= 0.6 is 0 Å². The van der Waals surface area contributed by atoms with Crippen LogP contribution < -0.4 is 0 Å². The van der Waals surface area contributed by atoms with Crippen LogP contribution in [-0.2, 0) is 0 Å². The van der Waals surface area contributed by atoms with Gasteiger partial charge >= 0.3 is 0 Å². The van der Waals surface area contributed by atoms with E-state index in [2.05, 4.69) is 126 Å². The lowest BCUT2D eigenvalue weighted by atomic mass is 9.88. The zero-order valence-electron chi connectivity index (χ0n) is 35.9. The predicted molar refractivity (Wildman–Crippen MR) is 274 cm³/mol. The van der Waals surface area contributed by atoms with Crippen LogP contribution in [0.5, 0.6) is 0 Å². The first-order valence-corrected chi connectivity index (χ1v) is 22.2. The third-order valence-corrected chi connectivity index (χ3v) is 13.0. The maximum Gasteiger partial charge on any atom is 0.194 e. The smallest absolute Gasteiger partial charge is 0.194 e. The molecular weight excluding hydrogens is 819 g/mol. The van der Waals surface area contributed by atoms with Crippen LogP contribution in [-0.4, -0.2) is 19.9 Å². The van der Waals surface area contributed by atoms with E-state index < -0.39 is 0 Å². The second-order valence-electron chi connectivity index (χ2n) is 16.8. The van der Waals surface area contributed by atoms with Gasteiger partial charge in [0.25, 0.3) is 0 Å². The first-order chi connectivity index (χ1) is 33.1. The molecule has 3 heterocycles. The van der Waals surface area contributed by atoms with Gasteiger partial charge in [-0.3, -0.25) is 4.98 Å². The molecular formula is C61H35N5O. The van der Waals surface area contributed by atoms with Crippen LogP contribution in [0.2, 0.25) is 0 Å². The van der Waals surface area contributed by atoms with Crippen molar-refractivity contribution in [3.05, 3.63) is 224 Å². The van der Waals surface area contributed by atoms with Gasteiger partial charge in [-0.15, -0.1) is 0 Å². The van der Waals surface area contributed by atoms with E-state index >= 15 is 0 Å². The van der Waals surface area contributed by atoms with Gasteiger partial charge in [-0.1, -0.05) is 164 Å². The van der Waals surface area contributed by atoms with Crippen LogP contribution in [0, 0.1) is 6.57 Å². The second-order valence-corrected chi connectivity index (χ2v) is 16.8. The molecule has 0 aliphatic carbocycles. The van der Waals surface area contributed by atoms with Crippen molar-refractivity contribution < 1.29 is 4.42 Å². The van der Waals surface area contributed by atoms with Crippen molar-refractivity contribution >= 4 is 70.8 Å². The maximum atomic E-state index is 7.70. The van der Waals surface area contributed by atoms with Crippen LogP contribution in [0.15, 0.2) is 217 Å². The Bertz CT molecular complexity index is 4170. The highest BCUT2D eigenvalue weighted by Gasteiger charge is 2.19. The first kappa shape index (κ1) is 38.2. The van der Waals surface area contributed by atoms with Crippen molar-refractivity contribution in [3.8, 4) is 67.5 Å². The SMILES string of the molecule is [C-]#[N+]c1ccc(-c2ccc(-c3cc4c5ccccc5c(-c5cccc(-c6nc(-c7ccccc7)nc(-c7ccc8c(c7)oc7ccccc78)n6)c5)cc4c4cccnc34)cc2)c2ccccc12. The molecule has 0 atom stereocenters. The predicted octanol–water partition coefficient (Wildman–Crippen LogP) is 16.3. The number of pyridine rings is 1. The van der Waals surface area contributed by atoms with Gasteiger partial charge < -0.3 is 4.42 Å². The van der Waals surface area contributed by atoms with E-state index in [9.17, 15) is 0 Å². The number of furan rings is 1.